The second-order valence-corrected chi connectivity index (χ2v) is 9.42. The Bertz CT molecular complexity index is 1550. The number of carbonyl (C=O) groups is 1. The van der Waals surface area contributed by atoms with Gasteiger partial charge in [-0.2, -0.15) is 0 Å². The van der Waals surface area contributed by atoms with Crippen molar-refractivity contribution in [2.24, 2.45) is 0 Å². The lowest BCUT2D eigenvalue weighted by Crippen LogP contribution is -2.32. The maximum absolute atomic E-state index is 13.4. The summed E-state index contributed by atoms with van der Waals surface area (Å²) in [4.78, 5) is 27.4. The van der Waals surface area contributed by atoms with E-state index >= 15 is 0 Å². The molecule has 3 aromatic carbocycles. The van der Waals surface area contributed by atoms with Crippen molar-refractivity contribution < 1.29 is 23.4 Å². The molecule has 9 heteroatoms. The Morgan fingerprint density at radius 1 is 1.08 bits per heavy atom. The van der Waals surface area contributed by atoms with E-state index in [1.165, 1.54) is 0 Å². The lowest BCUT2D eigenvalue weighted by Gasteiger charge is -2.29. The summed E-state index contributed by atoms with van der Waals surface area (Å²) < 4.78 is 23.0. The second-order valence-electron chi connectivity index (χ2n) is 8.58. The maximum Gasteiger partial charge on any atom is 0.338 e. The molecule has 0 unspecified atom stereocenters. The van der Waals surface area contributed by atoms with Crippen LogP contribution in [0, 0.1) is 6.92 Å². The van der Waals surface area contributed by atoms with Crippen LogP contribution in [0.4, 0.5) is 0 Å². The number of hydrogen-bond donors (Lipinski definition) is 0. The van der Waals surface area contributed by atoms with Crippen LogP contribution in [0.3, 0.4) is 0 Å². The highest BCUT2D eigenvalue weighted by molar-refractivity contribution is 6.35. The van der Waals surface area contributed by atoms with Crippen molar-refractivity contribution in [2.45, 2.75) is 26.9 Å². The zero-order valence-electron chi connectivity index (χ0n) is 20.2. The molecule has 1 aliphatic rings. The average molecular weight is 540 g/mol. The highest BCUT2D eigenvalue weighted by atomic mass is 35.5. The minimum absolute atomic E-state index is 0.0814. The SMILES string of the molecule is CCOC(=O)c1ccc(Oc2c(C)oc3c4c(ccc3c2=O)OCN(Cc2ccc(Cl)cc2Cl)C4)cc1. The number of aryl methyl sites for hydroxylation is 1. The second kappa shape index (κ2) is 10.5. The molecular weight excluding hydrogens is 517 g/mol. The van der Waals surface area contributed by atoms with E-state index in [9.17, 15) is 9.59 Å². The van der Waals surface area contributed by atoms with E-state index in [2.05, 4.69) is 4.90 Å². The molecule has 0 aliphatic carbocycles. The van der Waals surface area contributed by atoms with Crippen molar-refractivity contribution in [1.29, 1.82) is 0 Å². The van der Waals surface area contributed by atoms with Crippen LogP contribution in [0.1, 0.15) is 34.2 Å². The number of ether oxygens (including phenoxy) is 3. The summed E-state index contributed by atoms with van der Waals surface area (Å²) >= 11 is 12.4. The molecule has 0 saturated heterocycles. The summed E-state index contributed by atoms with van der Waals surface area (Å²) in [6.45, 7) is 5.12. The van der Waals surface area contributed by atoms with E-state index < -0.39 is 5.97 Å². The number of halogens is 2. The Kier molecular flexibility index (Phi) is 7.11. The van der Waals surface area contributed by atoms with Crippen LogP contribution in [-0.2, 0) is 17.8 Å². The largest absolute Gasteiger partial charge is 0.478 e. The number of fused-ring (bicyclic) bond motifs is 3. The van der Waals surface area contributed by atoms with Crippen molar-refractivity contribution in [3.05, 3.63) is 97.3 Å². The topological polar surface area (TPSA) is 78.2 Å². The standard InChI is InChI=1S/C28H23Cl2NO6/c1-3-34-28(33)17-5-8-20(9-6-17)37-26-16(2)36-27-21(25(26)32)10-11-24-22(27)14-31(15-35-24)13-18-4-7-19(29)12-23(18)30/h4-12H,3,13-15H2,1-2H3. The first-order valence-electron chi connectivity index (χ1n) is 11.7. The van der Waals surface area contributed by atoms with Gasteiger partial charge in [-0.3, -0.25) is 9.69 Å². The molecule has 0 radical (unpaired) electrons. The molecule has 0 N–H and O–H groups in total. The quantitative estimate of drug-likeness (QED) is 0.251. The molecule has 7 nitrogen and oxygen atoms in total. The van der Waals surface area contributed by atoms with Gasteiger partial charge >= 0.3 is 5.97 Å². The molecule has 0 amide bonds. The summed E-state index contributed by atoms with van der Waals surface area (Å²) in [7, 11) is 0. The molecule has 0 spiro atoms. The van der Waals surface area contributed by atoms with Crippen molar-refractivity contribution in [3.8, 4) is 17.2 Å². The summed E-state index contributed by atoms with van der Waals surface area (Å²) in [5.41, 5.74) is 2.25. The van der Waals surface area contributed by atoms with Crippen molar-refractivity contribution in [2.75, 3.05) is 13.3 Å². The molecule has 0 fully saturated rings. The molecule has 0 atom stereocenters. The van der Waals surface area contributed by atoms with Gasteiger partial charge in [-0.05, 0) is 67.9 Å². The van der Waals surface area contributed by atoms with Gasteiger partial charge < -0.3 is 18.6 Å². The fourth-order valence-electron chi connectivity index (χ4n) is 4.20. The molecule has 2 heterocycles. The zero-order valence-corrected chi connectivity index (χ0v) is 21.7. The van der Waals surface area contributed by atoms with E-state index in [4.69, 9.17) is 41.8 Å². The Balaban J connectivity index is 1.43. The van der Waals surface area contributed by atoms with Crippen LogP contribution in [0.2, 0.25) is 10.0 Å². The van der Waals surface area contributed by atoms with Gasteiger partial charge in [0.2, 0.25) is 11.2 Å². The van der Waals surface area contributed by atoms with Crippen molar-refractivity contribution in [3.63, 3.8) is 0 Å². The number of benzene rings is 3. The molecule has 0 saturated carbocycles. The van der Waals surface area contributed by atoms with E-state index in [0.717, 1.165) is 11.1 Å². The number of esters is 1. The minimum Gasteiger partial charge on any atom is -0.478 e. The van der Waals surface area contributed by atoms with E-state index in [0.29, 0.717) is 63.7 Å². The van der Waals surface area contributed by atoms with Gasteiger partial charge in [0, 0.05) is 23.1 Å². The van der Waals surface area contributed by atoms with Crippen LogP contribution >= 0.6 is 23.2 Å². The van der Waals surface area contributed by atoms with E-state index in [1.807, 2.05) is 6.07 Å². The predicted molar refractivity (Wildman–Crippen MR) is 141 cm³/mol. The van der Waals surface area contributed by atoms with E-state index in [-0.39, 0.29) is 17.8 Å². The third kappa shape index (κ3) is 5.16. The summed E-state index contributed by atoms with van der Waals surface area (Å²) in [6.07, 6.45) is 0. The molecule has 4 aromatic rings. The van der Waals surface area contributed by atoms with Crippen molar-refractivity contribution >= 4 is 40.1 Å². The van der Waals surface area contributed by atoms with Gasteiger partial charge in [-0.15, -0.1) is 0 Å². The average Bonchev–Trinajstić information content (AvgIpc) is 2.88. The number of rotatable bonds is 6. The third-order valence-corrected chi connectivity index (χ3v) is 6.61. The summed E-state index contributed by atoms with van der Waals surface area (Å²) in [5.74, 6) is 1.05. The normalized spacial score (nSPS) is 13.2. The summed E-state index contributed by atoms with van der Waals surface area (Å²) in [5, 5.41) is 1.54. The van der Waals surface area contributed by atoms with Gasteiger partial charge in [-0.25, -0.2) is 4.79 Å². The third-order valence-electron chi connectivity index (χ3n) is 6.02. The minimum atomic E-state index is -0.421. The number of carbonyl (C=O) groups excluding carboxylic acids is 1. The first-order chi connectivity index (χ1) is 17.8. The van der Waals surface area contributed by atoms with Crippen LogP contribution in [0.15, 0.2) is 63.8 Å². The molecule has 0 bridgehead atoms. The Labute approximate surface area is 223 Å². The lowest BCUT2D eigenvalue weighted by molar-refractivity contribution is 0.0526. The predicted octanol–water partition coefficient (Wildman–Crippen LogP) is 6.73. The molecule has 1 aliphatic heterocycles. The fraction of sp³-hybridized carbons (Fsp3) is 0.214. The van der Waals surface area contributed by atoms with E-state index in [1.54, 1.807) is 62.4 Å². The Morgan fingerprint density at radius 3 is 2.59 bits per heavy atom. The molecule has 5 rings (SSSR count). The number of nitrogens with zero attached hydrogens (tertiary/aromatic N) is 1. The highest BCUT2D eigenvalue weighted by Crippen LogP contribution is 2.35. The fourth-order valence-corrected chi connectivity index (χ4v) is 4.67. The Morgan fingerprint density at radius 2 is 1.86 bits per heavy atom. The van der Waals surface area contributed by atoms with Crippen LogP contribution in [0.25, 0.3) is 11.0 Å². The first kappa shape index (κ1) is 25.1. The molecular formula is C28H23Cl2NO6. The smallest absolute Gasteiger partial charge is 0.338 e. The van der Waals surface area contributed by atoms with Gasteiger partial charge in [0.05, 0.1) is 23.1 Å². The van der Waals surface area contributed by atoms with Gasteiger partial charge in [-0.1, -0.05) is 29.3 Å². The zero-order chi connectivity index (χ0) is 26.1. The van der Waals surface area contributed by atoms with Gasteiger partial charge in [0.15, 0.2) is 0 Å². The Hall–Kier alpha value is -3.52. The highest BCUT2D eigenvalue weighted by Gasteiger charge is 2.25. The van der Waals surface area contributed by atoms with Crippen LogP contribution < -0.4 is 14.9 Å². The maximum atomic E-state index is 13.4. The van der Waals surface area contributed by atoms with Crippen LogP contribution in [-0.4, -0.2) is 24.2 Å². The lowest BCUT2D eigenvalue weighted by atomic mass is 10.1. The first-order valence-corrected chi connectivity index (χ1v) is 12.4. The molecule has 1 aromatic heterocycles. The monoisotopic (exact) mass is 539 g/mol. The summed E-state index contributed by atoms with van der Waals surface area (Å²) in [6, 6.07) is 15.2. The van der Waals surface area contributed by atoms with Gasteiger partial charge in [0.1, 0.15) is 29.6 Å². The molecule has 190 valence electrons. The number of hydrogen-bond acceptors (Lipinski definition) is 7. The van der Waals surface area contributed by atoms with Crippen molar-refractivity contribution in [1.82, 2.24) is 4.90 Å². The molecule has 37 heavy (non-hydrogen) atoms. The van der Waals surface area contributed by atoms with Crippen LogP contribution in [0.5, 0.6) is 17.2 Å². The van der Waals surface area contributed by atoms with Gasteiger partial charge in [0.25, 0.3) is 0 Å².